The van der Waals surface area contributed by atoms with Crippen LogP contribution in [0.3, 0.4) is 0 Å². The summed E-state index contributed by atoms with van der Waals surface area (Å²) < 4.78 is 15.9. The van der Waals surface area contributed by atoms with Crippen LogP contribution in [-0.2, 0) is 13.0 Å². The molecule has 0 bridgehead atoms. The van der Waals surface area contributed by atoms with E-state index in [4.69, 9.17) is 12.3 Å². The molecule has 0 spiro atoms. The fourth-order valence-electron chi connectivity index (χ4n) is 3.79. The van der Waals surface area contributed by atoms with E-state index in [-0.39, 0.29) is 19.0 Å². The van der Waals surface area contributed by atoms with Crippen LogP contribution in [0.15, 0.2) is 61.1 Å². The number of nitrogens with zero attached hydrogens (tertiary/aromatic N) is 7. The second kappa shape index (κ2) is 8.65. The van der Waals surface area contributed by atoms with Crippen molar-refractivity contribution >= 4 is 17.3 Å². The molecule has 2 aromatic carbocycles. The van der Waals surface area contributed by atoms with E-state index in [0.717, 1.165) is 0 Å². The lowest BCUT2D eigenvalue weighted by molar-refractivity contribution is 0.280. The van der Waals surface area contributed by atoms with Gasteiger partial charge < -0.3 is 10.8 Å². The number of hydrogen-bond acceptors (Lipinski definition) is 7. The molecule has 0 aliphatic heterocycles. The van der Waals surface area contributed by atoms with Gasteiger partial charge in [0.2, 0.25) is 5.95 Å². The smallest absolute Gasteiger partial charge is 0.223 e. The third-order valence-electron chi connectivity index (χ3n) is 5.36. The molecule has 3 heterocycles. The highest BCUT2D eigenvalue weighted by molar-refractivity contribution is 5.89. The van der Waals surface area contributed by atoms with Crippen molar-refractivity contribution in [2.24, 2.45) is 0 Å². The van der Waals surface area contributed by atoms with Crippen LogP contribution in [0.1, 0.15) is 17.0 Å². The van der Waals surface area contributed by atoms with Gasteiger partial charge in [0.25, 0.3) is 0 Å². The SMILES string of the molecule is [C-]#[N+]c1cccc(-c2nc(N)n3nc(Cc4c(F)cccc4CO)nc3c2-c2ccncn2)c1. The van der Waals surface area contributed by atoms with Crippen LogP contribution < -0.4 is 5.73 Å². The third kappa shape index (κ3) is 3.70. The van der Waals surface area contributed by atoms with Crippen molar-refractivity contribution in [3.63, 3.8) is 0 Å². The first-order chi connectivity index (χ1) is 16.6. The van der Waals surface area contributed by atoms with Crippen molar-refractivity contribution in [1.29, 1.82) is 0 Å². The van der Waals surface area contributed by atoms with Gasteiger partial charge in [-0.1, -0.05) is 30.3 Å². The number of nitrogen functional groups attached to an aromatic ring is 1. The van der Waals surface area contributed by atoms with Crippen molar-refractivity contribution in [1.82, 2.24) is 29.5 Å². The molecule has 3 N–H and O–H groups in total. The minimum Gasteiger partial charge on any atom is -0.392 e. The van der Waals surface area contributed by atoms with Gasteiger partial charge in [-0.25, -0.2) is 29.2 Å². The Hall–Kier alpha value is -4.75. The molecule has 0 unspecified atom stereocenters. The Balaban J connectivity index is 1.75. The lowest BCUT2D eigenvalue weighted by Crippen LogP contribution is -2.06. The summed E-state index contributed by atoms with van der Waals surface area (Å²) in [5.74, 6) is -0.0782. The van der Waals surface area contributed by atoms with Gasteiger partial charge in [0.1, 0.15) is 12.1 Å². The largest absolute Gasteiger partial charge is 0.392 e. The average molecular weight is 452 g/mol. The number of aliphatic hydroxyl groups excluding tert-OH is 1. The van der Waals surface area contributed by atoms with Crippen molar-refractivity contribution in [3.05, 3.63) is 95.2 Å². The molecule has 5 aromatic rings. The maximum Gasteiger partial charge on any atom is 0.223 e. The van der Waals surface area contributed by atoms with Gasteiger partial charge in [0, 0.05) is 18.2 Å². The fourth-order valence-corrected chi connectivity index (χ4v) is 3.79. The van der Waals surface area contributed by atoms with Crippen LogP contribution in [0.4, 0.5) is 16.0 Å². The number of anilines is 1. The second-order valence-electron chi connectivity index (χ2n) is 7.43. The molecule has 0 aliphatic carbocycles. The van der Waals surface area contributed by atoms with Gasteiger partial charge in [-0.05, 0) is 29.3 Å². The highest BCUT2D eigenvalue weighted by Crippen LogP contribution is 2.35. The quantitative estimate of drug-likeness (QED) is 0.391. The van der Waals surface area contributed by atoms with Gasteiger partial charge in [0.15, 0.2) is 17.2 Å². The number of fused-ring (bicyclic) bond motifs is 1. The highest BCUT2D eigenvalue weighted by Gasteiger charge is 2.22. The number of halogens is 1. The van der Waals surface area contributed by atoms with E-state index in [1.165, 1.54) is 16.9 Å². The van der Waals surface area contributed by atoms with E-state index in [2.05, 4.69) is 29.9 Å². The van der Waals surface area contributed by atoms with Crippen LogP contribution in [0, 0.1) is 12.4 Å². The molecule has 10 heteroatoms. The summed E-state index contributed by atoms with van der Waals surface area (Å²) in [6.45, 7) is 7.03. The summed E-state index contributed by atoms with van der Waals surface area (Å²) in [5.41, 5.74) is 10.1. The Labute approximate surface area is 193 Å². The van der Waals surface area contributed by atoms with E-state index in [9.17, 15) is 9.50 Å². The molecule has 166 valence electrons. The summed E-state index contributed by atoms with van der Waals surface area (Å²) in [5, 5.41) is 14.1. The van der Waals surface area contributed by atoms with Crippen molar-refractivity contribution in [2.75, 3.05) is 5.73 Å². The summed E-state index contributed by atoms with van der Waals surface area (Å²) in [4.78, 5) is 21.1. The zero-order valence-corrected chi connectivity index (χ0v) is 17.7. The van der Waals surface area contributed by atoms with E-state index in [1.54, 1.807) is 42.6 Å². The van der Waals surface area contributed by atoms with E-state index in [1.807, 2.05) is 6.07 Å². The fraction of sp³-hybridized carbons (Fsp3) is 0.0833. The Morgan fingerprint density at radius 2 is 1.97 bits per heavy atom. The van der Waals surface area contributed by atoms with Crippen LogP contribution in [-0.4, -0.2) is 34.7 Å². The van der Waals surface area contributed by atoms with Gasteiger partial charge in [-0.15, -0.1) is 5.10 Å². The molecular weight excluding hydrogens is 435 g/mol. The Kier molecular flexibility index (Phi) is 5.37. The maximum absolute atomic E-state index is 14.5. The van der Waals surface area contributed by atoms with Crippen molar-refractivity contribution in [2.45, 2.75) is 13.0 Å². The Morgan fingerprint density at radius 1 is 1.12 bits per heavy atom. The first kappa shape index (κ1) is 21.1. The molecule has 34 heavy (non-hydrogen) atoms. The van der Waals surface area contributed by atoms with Gasteiger partial charge in [-0.2, -0.15) is 4.52 Å². The molecule has 3 aromatic heterocycles. The van der Waals surface area contributed by atoms with E-state index in [0.29, 0.717) is 50.8 Å². The predicted molar refractivity (Wildman–Crippen MR) is 123 cm³/mol. The number of benzene rings is 2. The van der Waals surface area contributed by atoms with Crippen LogP contribution in [0.2, 0.25) is 0 Å². The zero-order chi connectivity index (χ0) is 23.7. The number of rotatable bonds is 5. The Bertz CT molecular complexity index is 1560. The zero-order valence-electron chi connectivity index (χ0n) is 17.7. The molecule has 0 atom stereocenters. The topological polar surface area (TPSA) is 119 Å². The standard InChI is InChI=1S/C24H17FN8O/c1-27-16-6-2-4-14(10-16)22-21(19-8-9-28-13-29-19)23-30-20(32-33(23)24(26)31-22)11-17-15(12-34)5-3-7-18(17)25/h2-10,13,34H,11-12H2,(H2,26,31). The Morgan fingerprint density at radius 3 is 2.74 bits per heavy atom. The van der Waals surface area contributed by atoms with Crippen molar-refractivity contribution in [3.8, 4) is 22.5 Å². The predicted octanol–water partition coefficient (Wildman–Crippen LogP) is 3.60. The maximum atomic E-state index is 14.5. The lowest BCUT2D eigenvalue weighted by Gasteiger charge is -2.11. The van der Waals surface area contributed by atoms with Gasteiger partial charge in [-0.3, -0.25) is 0 Å². The number of hydrogen-bond donors (Lipinski definition) is 2. The second-order valence-corrected chi connectivity index (χ2v) is 7.43. The number of aromatic nitrogens is 6. The van der Waals surface area contributed by atoms with Gasteiger partial charge in [0.05, 0.1) is 30.1 Å². The third-order valence-corrected chi connectivity index (χ3v) is 5.36. The van der Waals surface area contributed by atoms with Crippen molar-refractivity contribution < 1.29 is 9.50 Å². The summed E-state index contributed by atoms with van der Waals surface area (Å²) >= 11 is 0. The first-order valence-corrected chi connectivity index (χ1v) is 10.3. The normalized spacial score (nSPS) is 11.0. The van der Waals surface area contributed by atoms with Crippen LogP contribution >= 0.6 is 0 Å². The molecule has 0 radical (unpaired) electrons. The highest BCUT2D eigenvalue weighted by atomic mass is 19.1. The molecular formula is C24H17FN8O. The summed E-state index contributed by atoms with van der Waals surface area (Å²) in [7, 11) is 0. The molecule has 0 saturated heterocycles. The van der Waals surface area contributed by atoms with Crippen LogP contribution in [0.5, 0.6) is 0 Å². The molecule has 9 nitrogen and oxygen atoms in total. The molecule has 0 aliphatic rings. The molecule has 0 saturated carbocycles. The lowest BCUT2D eigenvalue weighted by atomic mass is 10.0. The summed E-state index contributed by atoms with van der Waals surface area (Å²) in [6, 6.07) is 13.2. The number of aliphatic hydroxyl groups is 1. The molecule has 0 amide bonds. The van der Waals surface area contributed by atoms with E-state index >= 15 is 0 Å². The average Bonchev–Trinajstić information content (AvgIpc) is 3.30. The van der Waals surface area contributed by atoms with E-state index < -0.39 is 5.82 Å². The monoisotopic (exact) mass is 452 g/mol. The van der Waals surface area contributed by atoms with Gasteiger partial charge >= 0.3 is 0 Å². The number of nitrogens with two attached hydrogens (primary N) is 1. The minimum atomic E-state index is -0.454. The minimum absolute atomic E-state index is 0.0510. The molecule has 0 fully saturated rings. The molecule has 5 rings (SSSR count). The first-order valence-electron chi connectivity index (χ1n) is 10.3. The summed E-state index contributed by atoms with van der Waals surface area (Å²) in [6.07, 6.45) is 3.06. The van der Waals surface area contributed by atoms with Crippen LogP contribution in [0.25, 0.3) is 33.0 Å².